The van der Waals surface area contributed by atoms with Crippen LogP contribution in [-0.2, 0) is 22.6 Å². The normalized spacial score (nSPS) is 16.1. The van der Waals surface area contributed by atoms with E-state index in [0.29, 0.717) is 41.4 Å². The van der Waals surface area contributed by atoms with Gasteiger partial charge in [-0.05, 0) is 62.6 Å². The van der Waals surface area contributed by atoms with E-state index in [2.05, 4.69) is 4.98 Å². The summed E-state index contributed by atoms with van der Waals surface area (Å²) >= 11 is 0. The van der Waals surface area contributed by atoms with Gasteiger partial charge in [0.15, 0.2) is 0 Å². The van der Waals surface area contributed by atoms with E-state index in [9.17, 15) is 36.2 Å². The van der Waals surface area contributed by atoms with Crippen molar-refractivity contribution in [1.29, 1.82) is 0 Å². The summed E-state index contributed by atoms with van der Waals surface area (Å²) in [6.45, 7) is 3.14. The van der Waals surface area contributed by atoms with Crippen LogP contribution in [0.2, 0.25) is 0 Å². The summed E-state index contributed by atoms with van der Waals surface area (Å²) in [7, 11) is 2.87. The number of ether oxygens (including phenoxy) is 1. The Kier molecular flexibility index (Phi) is 8.50. The molecule has 1 unspecified atom stereocenters. The van der Waals surface area contributed by atoms with Gasteiger partial charge < -0.3 is 19.6 Å². The van der Waals surface area contributed by atoms with Gasteiger partial charge in [0.1, 0.15) is 11.6 Å². The third-order valence-electron chi connectivity index (χ3n) is 7.66. The lowest BCUT2D eigenvalue weighted by atomic mass is 9.81. The zero-order valence-electron chi connectivity index (χ0n) is 23.5. The van der Waals surface area contributed by atoms with Gasteiger partial charge in [0.2, 0.25) is 5.91 Å². The number of pyridine rings is 1. The second-order valence-corrected chi connectivity index (χ2v) is 10.7. The number of aliphatic hydroxyl groups is 1. The Morgan fingerprint density at radius 1 is 1.00 bits per heavy atom. The van der Waals surface area contributed by atoms with Gasteiger partial charge in [-0.2, -0.15) is 26.3 Å². The summed E-state index contributed by atoms with van der Waals surface area (Å²) < 4.78 is 87.0. The van der Waals surface area contributed by atoms with E-state index in [-0.39, 0.29) is 24.4 Å². The van der Waals surface area contributed by atoms with E-state index >= 15 is 0 Å². The molecule has 2 heterocycles. The molecule has 0 radical (unpaired) electrons. The fraction of sp³-hybridized carbons (Fsp3) is 0.400. The van der Waals surface area contributed by atoms with Gasteiger partial charge in [0, 0.05) is 24.7 Å². The van der Waals surface area contributed by atoms with Crippen molar-refractivity contribution in [3.63, 3.8) is 0 Å². The molecule has 1 aliphatic heterocycles. The van der Waals surface area contributed by atoms with Crippen LogP contribution in [0.1, 0.15) is 43.4 Å². The van der Waals surface area contributed by atoms with Crippen LogP contribution in [0, 0.1) is 0 Å². The predicted molar refractivity (Wildman–Crippen MR) is 147 cm³/mol. The monoisotopic (exact) mass is 595 g/mol. The fourth-order valence-corrected chi connectivity index (χ4v) is 5.24. The molecule has 1 amide bonds. The molecule has 1 saturated heterocycles. The SMILES string of the molecule is COc1ccccc1-c1cc(N2CCCC2CO)ncc1N(C)C(=O)C(C)(C)c1cc(C(F)(F)F)cc(C(F)(F)F)c1. The van der Waals surface area contributed by atoms with Crippen molar-refractivity contribution in [3.8, 4) is 16.9 Å². The molecule has 3 aromatic rings. The number of carbonyl (C=O) groups excluding carboxylic acids is 1. The maximum absolute atomic E-state index is 13.9. The highest BCUT2D eigenvalue weighted by atomic mass is 19.4. The van der Waals surface area contributed by atoms with Crippen molar-refractivity contribution < 1.29 is 41.0 Å². The number of nitrogens with zero attached hydrogens (tertiary/aromatic N) is 3. The van der Waals surface area contributed by atoms with Crippen LogP contribution in [0.4, 0.5) is 37.8 Å². The molecule has 12 heteroatoms. The Morgan fingerprint density at radius 3 is 2.17 bits per heavy atom. The summed E-state index contributed by atoms with van der Waals surface area (Å²) in [4.78, 5) is 21.6. The van der Waals surface area contributed by atoms with Gasteiger partial charge in [-0.25, -0.2) is 4.98 Å². The number of alkyl halides is 6. The third-order valence-corrected chi connectivity index (χ3v) is 7.66. The number of amides is 1. The Morgan fingerprint density at radius 2 is 1.60 bits per heavy atom. The number of rotatable bonds is 7. The van der Waals surface area contributed by atoms with E-state index in [1.807, 2.05) is 4.90 Å². The molecule has 0 saturated carbocycles. The van der Waals surface area contributed by atoms with Crippen LogP contribution in [0.25, 0.3) is 11.1 Å². The molecule has 1 aliphatic rings. The molecule has 42 heavy (non-hydrogen) atoms. The number of methoxy groups -OCH3 is 1. The number of halogens is 6. The van der Waals surface area contributed by atoms with E-state index in [4.69, 9.17) is 4.74 Å². The highest BCUT2D eigenvalue weighted by Gasteiger charge is 2.41. The number of para-hydroxylation sites is 1. The van der Waals surface area contributed by atoms with Crippen LogP contribution >= 0.6 is 0 Å². The molecule has 1 atom stereocenters. The Labute approximate surface area is 239 Å². The number of aliphatic hydroxyl groups excluding tert-OH is 1. The predicted octanol–water partition coefficient (Wildman–Crippen LogP) is 6.70. The summed E-state index contributed by atoms with van der Waals surface area (Å²) in [5.41, 5.74) is -3.87. The minimum Gasteiger partial charge on any atom is -0.496 e. The van der Waals surface area contributed by atoms with Crippen molar-refractivity contribution in [1.82, 2.24) is 4.98 Å². The molecule has 0 bridgehead atoms. The smallest absolute Gasteiger partial charge is 0.416 e. The average Bonchev–Trinajstić information content (AvgIpc) is 3.44. The molecule has 2 aromatic carbocycles. The molecular weight excluding hydrogens is 564 g/mol. The second kappa shape index (κ2) is 11.5. The highest BCUT2D eigenvalue weighted by molar-refractivity contribution is 6.03. The largest absolute Gasteiger partial charge is 0.496 e. The summed E-state index contributed by atoms with van der Waals surface area (Å²) in [6.07, 6.45) is -7.06. The topological polar surface area (TPSA) is 65.9 Å². The fourth-order valence-electron chi connectivity index (χ4n) is 5.24. The first-order valence-corrected chi connectivity index (χ1v) is 13.2. The first kappa shape index (κ1) is 31.1. The lowest BCUT2D eigenvalue weighted by Gasteiger charge is -2.32. The molecule has 1 aromatic heterocycles. The van der Waals surface area contributed by atoms with Crippen molar-refractivity contribution in [2.45, 2.75) is 50.5 Å². The zero-order chi connectivity index (χ0) is 31.0. The molecular formula is C30H31F6N3O3. The molecule has 6 nitrogen and oxygen atoms in total. The van der Waals surface area contributed by atoms with E-state index in [1.54, 1.807) is 30.3 Å². The number of anilines is 2. The van der Waals surface area contributed by atoms with Crippen LogP contribution < -0.4 is 14.5 Å². The molecule has 1 N–H and O–H groups in total. The van der Waals surface area contributed by atoms with Crippen molar-refractivity contribution >= 4 is 17.4 Å². The van der Waals surface area contributed by atoms with Gasteiger partial charge in [-0.15, -0.1) is 0 Å². The zero-order valence-corrected chi connectivity index (χ0v) is 23.5. The number of aromatic nitrogens is 1. The molecule has 4 rings (SSSR count). The van der Waals surface area contributed by atoms with Crippen LogP contribution in [0.3, 0.4) is 0 Å². The summed E-state index contributed by atoms with van der Waals surface area (Å²) in [5.74, 6) is 0.267. The minimum atomic E-state index is -5.06. The van der Waals surface area contributed by atoms with Gasteiger partial charge in [0.05, 0.1) is 48.2 Å². The van der Waals surface area contributed by atoms with Gasteiger partial charge in [0.25, 0.3) is 0 Å². The van der Waals surface area contributed by atoms with Crippen molar-refractivity contribution in [2.24, 2.45) is 0 Å². The van der Waals surface area contributed by atoms with E-state index in [0.717, 1.165) is 12.8 Å². The first-order chi connectivity index (χ1) is 19.6. The van der Waals surface area contributed by atoms with Crippen LogP contribution in [0.15, 0.2) is 54.7 Å². The molecule has 0 spiro atoms. The lowest BCUT2D eigenvalue weighted by molar-refractivity contribution is -0.143. The first-order valence-electron chi connectivity index (χ1n) is 13.2. The van der Waals surface area contributed by atoms with Crippen LogP contribution in [0.5, 0.6) is 5.75 Å². The van der Waals surface area contributed by atoms with Gasteiger partial charge in [-0.1, -0.05) is 18.2 Å². The van der Waals surface area contributed by atoms with Gasteiger partial charge in [-0.3, -0.25) is 4.79 Å². The summed E-state index contributed by atoms with van der Waals surface area (Å²) in [6, 6.07) is 9.79. The minimum absolute atomic E-state index is 0.0359. The number of hydrogen-bond donors (Lipinski definition) is 1. The average molecular weight is 596 g/mol. The third kappa shape index (κ3) is 6.04. The second-order valence-electron chi connectivity index (χ2n) is 10.7. The van der Waals surface area contributed by atoms with Gasteiger partial charge >= 0.3 is 12.4 Å². The van der Waals surface area contributed by atoms with E-state index < -0.39 is 40.4 Å². The molecule has 226 valence electrons. The lowest BCUT2D eigenvalue weighted by Crippen LogP contribution is -2.42. The molecule has 0 aliphatic carbocycles. The Bertz CT molecular complexity index is 1420. The number of likely N-dealkylation sites (N-methyl/N-ethyl adjacent to an activating group) is 1. The standard InChI is InChI=1S/C30H31F6N3O3/c1-28(2,18-12-19(29(31,32)33)14-20(13-18)30(34,35)36)27(41)38(3)24-16-37-26(39-11-7-8-21(39)17-40)15-23(24)22-9-5-6-10-25(22)42-4/h5-6,9-10,12-16,21,40H,7-8,11,17H2,1-4H3. The number of hydrogen-bond acceptors (Lipinski definition) is 5. The summed E-state index contributed by atoms with van der Waals surface area (Å²) in [5, 5.41) is 9.84. The Balaban J connectivity index is 1.83. The maximum Gasteiger partial charge on any atom is 0.416 e. The molecule has 1 fully saturated rings. The highest BCUT2D eigenvalue weighted by Crippen LogP contribution is 2.42. The van der Waals surface area contributed by atoms with Crippen LogP contribution in [-0.4, -0.2) is 49.3 Å². The maximum atomic E-state index is 13.9. The van der Waals surface area contributed by atoms with Crippen molar-refractivity contribution in [3.05, 3.63) is 71.4 Å². The number of carbonyl (C=O) groups is 1. The van der Waals surface area contributed by atoms with Crippen molar-refractivity contribution in [2.75, 3.05) is 37.1 Å². The van der Waals surface area contributed by atoms with E-state index in [1.165, 1.54) is 39.1 Å². The number of benzene rings is 2. The quantitative estimate of drug-likeness (QED) is 0.308. The Hall–Kier alpha value is -3.80.